The highest BCUT2D eigenvalue weighted by Crippen LogP contribution is 2.31. The Balaban J connectivity index is 1.54. The summed E-state index contributed by atoms with van der Waals surface area (Å²) in [5, 5.41) is 7.69. The minimum absolute atomic E-state index is 0.245. The molecule has 0 radical (unpaired) electrons. The van der Waals surface area contributed by atoms with Gasteiger partial charge in [-0.15, -0.1) is 0 Å². The molecule has 0 spiro atoms. The Morgan fingerprint density at radius 2 is 2.04 bits per heavy atom. The number of halogens is 1. The molecule has 130 valence electrons. The van der Waals surface area contributed by atoms with Crippen LogP contribution in [0.1, 0.15) is 10.6 Å². The zero-order valence-corrected chi connectivity index (χ0v) is 15.1. The molecule has 0 saturated carbocycles. The van der Waals surface area contributed by atoms with Crippen LogP contribution in [0, 0.1) is 0 Å². The number of amides is 1. The first-order chi connectivity index (χ1) is 12.6. The molecule has 1 amide bonds. The molecule has 0 fully saturated rings. The lowest BCUT2D eigenvalue weighted by Crippen LogP contribution is -2.10. The van der Waals surface area contributed by atoms with Crippen molar-refractivity contribution in [2.75, 3.05) is 5.32 Å². The van der Waals surface area contributed by atoms with Gasteiger partial charge in [0.2, 0.25) is 5.88 Å². The minimum atomic E-state index is -0.319. The van der Waals surface area contributed by atoms with Crippen molar-refractivity contribution in [3.8, 4) is 11.6 Å². The fourth-order valence-corrected chi connectivity index (χ4v) is 3.00. The highest BCUT2D eigenvalue weighted by Gasteiger charge is 2.15. The number of hydrogen-bond donors (Lipinski definition) is 1. The van der Waals surface area contributed by atoms with Crippen molar-refractivity contribution in [2.45, 2.75) is 0 Å². The number of furan rings is 1. The maximum Gasteiger partial charge on any atom is 0.291 e. The lowest BCUT2D eigenvalue weighted by atomic mass is 10.3. The van der Waals surface area contributed by atoms with Gasteiger partial charge in [-0.2, -0.15) is 5.10 Å². The van der Waals surface area contributed by atoms with E-state index >= 15 is 0 Å². The van der Waals surface area contributed by atoms with Crippen LogP contribution in [0.2, 0.25) is 0 Å². The van der Waals surface area contributed by atoms with E-state index in [0.717, 1.165) is 0 Å². The van der Waals surface area contributed by atoms with Gasteiger partial charge in [0, 0.05) is 12.7 Å². The molecular formula is C17H12BrN5O3. The van der Waals surface area contributed by atoms with Gasteiger partial charge in [0.15, 0.2) is 11.4 Å². The molecule has 1 aromatic carbocycles. The summed E-state index contributed by atoms with van der Waals surface area (Å²) in [4.78, 5) is 20.3. The van der Waals surface area contributed by atoms with E-state index in [9.17, 15) is 4.79 Å². The lowest BCUT2D eigenvalue weighted by Gasteiger charge is -2.07. The Morgan fingerprint density at radius 1 is 1.23 bits per heavy atom. The van der Waals surface area contributed by atoms with Gasteiger partial charge in [0.05, 0.1) is 6.26 Å². The number of fused-ring (bicyclic) bond motifs is 1. The topological polar surface area (TPSA) is 95.1 Å². The number of rotatable bonds is 4. The number of aryl methyl sites for hydroxylation is 1. The number of nitrogens with zero attached hydrogens (tertiary/aromatic N) is 4. The number of anilines is 1. The number of benzene rings is 1. The number of carbonyl (C=O) groups excluding carboxylic acids is 1. The van der Waals surface area contributed by atoms with E-state index in [-0.39, 0.29) is 11.7 Å². The van der Waals surface area contributed by atoms with Crippen LogP contribution >= 0.6 is 15.9 Å². The van der Waals surface area contributed by atoms with E-state index < -0.39 is 0 Å². The second kappa shape index (κ2) is 6.60. The minimum Gasteiger partial charge on any atom is -0.459 e. The molecule has 0 saturated heterocycles. The van der Waals surface area contributed by atoms with Crippen LogP contribution in [0.4, 0.5) is 5.69 Å². The zero-order valence-electron chi connectivity index (χ0n) is 13.5. The number of nitrogens with one attached hydrogen (secondary N) is 1. The van der Waals surface area contributed by atoms with Crippen LogP contribution < -0.4 is 10.1 Å². The van der Waals surface area contributed by atoms with Gasteiger partial charge in [-0.05, 0) is 52.3 Å². The summed E-state index contributed by atoms with van der Waals surface area (Å²) in [5.41, 5.74) is 1.28. The first-order valence-electron chi connectivity index (χ1n) is 7.58. The van der Waals surface area contributed by atoms with E-state index in [1.807, 2.05) is 0 Å². The molecule has 3 heterocycles. The van der Waals surface area contributed by atoms with Crippen LogP contribution in [0.3, 0.4) is 0 Å². The largest absolute Gasteiger partial charge is 0.459 e. The molecule has 4 aromatic rings. The standard InChI is InChI=1S/C17H12BrN5O3/c1-23-15-13(14(18)22-23)17(20-9-19-15)26-11-6-4-10(5-7-11)21-16(24)12-3-2-8-25-12/h2-9H,1H3,(H,21,24). The fourth-order valence-electron chi connectivity index (χ4n) is 2.41. The number of hydrogen-bond acceptors (Lipinski definition) is 6. The van der Waals surface area contributed by atoms with Gasteiger partial charge in [-0.1, -0.05) is 0 Å². The van der Waals surface area contributed by atoms with Gasteiger partial charge < -0.3 is 14.5 Å². The third kappa shape index (κ3) is 3.04. The van der Waals surface area contributed by atoms with Crippen LogP contribution in [0.25, 0.3) is 11.0 Å². The average molecular weight is 414 g/mol. The molecular weight excluding hydrogens is 402 g/mol. The van der Waals surface area contributed by atoms with Gasteiger partial charge >= 0.3 is 0 Å². The van der Waals surface area contributed by atoms with Crippen LogP contribution in [-0.2, 0) is 7.05 Å². The van der Waals surface area contributed by atoms with Gasteiger partial charge in [0.1, 0.15) is 22.1 Å². The van der Waals surface area contributed by atoms with Crippen LogP contribution in [-0.4, -0.2) is 25.7 Å². The third-order valence-corrected chi connectivity index (χ3v) is 4.17. The van der Waals surface area contributed by atoms with Crippen molar-refractivity contribution in [3.05, 3.63) is 59.4 Å². The summed E-state index contributed by atoms with van der Waals surface area (Å²) in [6, 6.07) is 10.2. The Kier molecular flexibility index (Phi) is 4.13. The van der Waals surface area contributed by atoms with Crippen molar-refractivity contribution < 1.29 is 13.9 Å². The fraction of sp³-hybridized carbons (Fsp3) is 0.0588. The summed E-state index contributed by atoms with van der Waals surface area (Å²) in [6.45, 7) is 0. The van der Waals surface area contributed by atoms with E-state index in [1.54, 1.807) is 48.1 Å². The molecule has 0 aliphatic rings. The molecule has 0 bridgehead atoms. The van der Waals surface area contributed by atoms with Crippen LogP contribution in [0.5, 0.6) is 11.6 Å². The molecule has 0 unspecified atom stereocenters. The monoisotopic (exact) mass is 413 g/mol. The Hall–Kier alpha value is -3.20. The van der Waals surface area contributed by atoms with Crippen molar-refractivity contribution >= 4 is 38.6 Å². The predicted octanol–water partition coefficient (Wildman–Crippen LogP) is 3.76. The molecule has 0 aliphatic carbocycles. The van der Waals surface area contributed by atoms with Crippen LogP contribution in [0.15, 0.2) is 58.0 Å². The van der Waals surface area contributed by atoms with Gasteiger partial charge in [-0.3, -0.25) is 4.79 Å². The molecule has 8 nitrogen and oxygen atoms in total. The van der Waals surface area contributed by atoms with Gasteiger partial charge in [-0.25, -0.2) is 14.6 Å². The summed E-state index contributed by atoms with van der Waals surface area (Å²) in [5.74, 6) is 0.884. The average Bonchev–Trinajstić information content (AvgIpc) is 3.26. The molecule has 0 atom stereocenters. The maximum atomic E-state index is 12.0. The number of carbonyl (C=O) groups is 1. The van der Waals surface area contributed by atoms with E-state index in [1.165, 1.54) is 12.6 Å². The first kappa shape index (κ1) is 16.3. The SMILES string of the molecule is Cn1nc(Br)c2c(Oc3ccc(NC(=O)c4ccco4)cc3)ncnc21. The lowest BCUT2D eigenvalue weighted by molar-refractivity contribution is 0.0996. The van der Waals surface area contributed by atoms with Crippen molar-refractivity contribution in [1.29, 1.82) is 0 Å². The van der Waals surface area contributed by atoms with Crippen molar-refractivity contribution in [1.82, 2.24) is 19.7 Å². The quantitative estimate of drug-likeness (QED) is 0.547. The summed E-state index contributed by atoms with van der Waals surface area (Å²) < 4.78 is 13.2. The smallest absolute Gasteiger partial charge is 0.291 e. The van der Waals surface area contributed by atoms with Crippen molar-refractivity contribution in [2.24, 2.45) is 7.05 Å². The molecule has 26 heavy (non-hydrogen) atoms. The summed E-state index contributed by atoms with van der Waals surface area (Å²) in [7, 11) is 1.79. The van der Waals surface area contributed by atoms with E-state index in [0.29, 0.717) is 33.0 Å². The Morgan fingerprint density at radius 3 is 2.77 bits per heavy atom. The summed E-state index contributed by atoms with van der Waals surface area (Å²) in [6.07, 6.45) is 2.87. The summed E-state index contributed by atoms with van der Waals surface area (Å²) >= 11 is 3.39. The number of ether oxygens (including phenoxy) is 1. The van der Waals surface area contributed by atoms with Crippen molar-refractivity contribution in [3.63, 3.8) is 0 Å². The molecule has 0 aliphatic heterocycles. The second-order valence-electron chi connectivity index (χ2n) is 5.35. The molecule has 4 rings (SSSR count). The highest BCUT2D eigenvalue weighted by atomic mass is 79.9. The second-order valence-corrected chi connectivity index (χ2v) is 6.10. The van der Waals surface area contributed by atoms with E-state index in [4.69, 9.17) is 9.15 Å². The Bertz CT molecular complexity index is 1070. The predicted molar refractivity (Wildman–Crippen MR) is 97.2 cm³/mol. The molecule has 1 N–H and O–H groups in total. The maximum absolute atomic E-state index is 12.0. The molecule has 3 aromatic heterocycles. The number of aromatic nitrogens is 4. The first-order valence-corrected chi connectivity index (χ1v) is 8.37. The van der Waals surface area contributed by atoms with E-state index in [2.05, 4.69) is 36.3 Å². The normalized spacial score (nSPS) is 10.8. The molecule has 9 heteroatoms. The Labute approximate surface area is 155 Å². The highest BCUT2D eigenvalue weighted by molar-refractivity contribution is 9.10. The van der Waals surface area contributed by atoms with Gasteiger partial charge in [0.25, 0.3) is 5.91 Å². The third-order valence-electron chi connectivity index (χ3n) is 3.61. The zero-order chi connectivity index (χ0) is 18.1.